The van der Waals surface area contributed by atoms with Gasteiger partial charge in [-0.3, -0.25) is 4.90 Å². The van der Waals surface area contributed by atoms with Crippen LogP contribution in [0.15, 0.2) is 22.7 Å². The van der Waals surface area contributed by atoms with Gasteiger partial charge >= 0.3 is 0 Å². The molecule has 3 nitrogen and oxygen atoms in total. The minimum atomic E-state index is -0.209. The topological polar surface area (TPSA) is 32.5 Å². The van der Waals surface area contributed by atoms with Crippen molar-refractivity contribution in [3.8, 4) is 0 Å². The fraction of sp³-hybridized carbons (Fsp3) is 0.625. The zero-order valence-corrected chi connectivity index (χ0v) is 14.4. The van der Waals surface area contributed by atoms with Crippen LogP contribution in [0.5, 0.6) is 0 Å². The van der Waals surface area contributed by atoms with Gasteiger partial charge in [-0.2, -0.15) is 0 Å². The van der Waals surface area contributed by atoms with E-state index >= 15 is 0 Å². The molecule has 1 unspecified atom stereocenters. The standard InChI is InChI=1S/C16H25BrFN3/c1-20-7-5-12(6-8-20)11-21(2)16(10-19)14-9-13(18)3-4-15(14)17/h3-4,9,12,16H,5-8,10-11,19H2,1-2H3. The van der Waals surface area contributed by atoms with Gasteiger partial charge in [0, 0.05) is 23.6 Å². The van der Waals surface area contributed by atoms with Gasteiger partial charge < -0.3 is 10.6 Å². The number of nitrogens with two attached hydrogens (primary N) is 1. The third-order valence-corrected chi connectivity index (χ3v) is 5.18. The molecule has 2 N–H and O–H groups in total. The minimum Gasteiger partial charge on any atom is -0.329 e. The van der Waals surface area contributed by atoms with Crippen molar-refractivity contribution in [2.24, 2.45) is 11.7 Å². The van der Waals surface area contributed by atoms with Crippen LogP contribution < -0.4 is 5.73 Å². The lowest BCUT2D eigenvalue weighted by Gasteiger charge is -2.35. The average molecular weight is 358 g/mol. The van der Waals surface area contributed by atoms with E-state index in [9.17, 15) is 4.39 Å². The van der Waals surface area contributed by atoms with E-state index in [1.54, 1.807) is 12.1 Å². The van der Waals surface area contributed by atoms with Crippen LogP contribution in [-0.4, -0.2) is 50.1 Å². The molecule has 1 fully saturated rings. The first-order valence-corrected chi connectivity index (χ1v) is 8.34. The summed E-state index contributed by atoms with van der Waals surface area (Å²) in [5, 5.41) is 0. The van der Waals surface area contributed by atoms with E-state index in [0.717, 1.165) is 29.7 Å². The third kappa shape index (κ3) is 4.49. The molecule has 21 heavy (non-hydrogen) atoms. The van der Waals surface area contributed by atoms with Crippen LogP contribution in [0.4, 0.5) is 4.39 Å². The largest absolute Gasteiger partial charge is 0.329 e. The molecule has 5 heteroatoms. The number of benzene rings is 1. The number of likely N-dealkylation sites (N-methyl/N-ethyl adjacent to an activating group) is 1. The molecular weight excluding hydrogens is 333 g/mol. The number of rotatable bonds is 5. The second-order valence-corrected chi connectivity index (χ2v) is 6.96. The molecule has 0 spiro atoms. The molecule has 1 heterocycles. The normalized spacial score (nSPS) is 19.1. The van der Waals surface area contributed by atoms with Crippen LogP contribution in [0, 0.1) is 11.7 Å². The SMILES string of the molecule is CN1CCC(CN(C)C(CN)c2cc(F)ccc2Br)CC1. The Morgan fingerprint density at radius 2 is 2.10 bits per heavy atom. The molecule has 0 saturated carbocycles. The number of hydrogen-bond acceptors (Lipinski definition) is 3. The monoisotopic (exact) mass is 357 g/mol. The second-order valence-electron chi connectivity index (χ2n) is 6.10. The molecule has 1 aromatic rings. The molecule has 1 aromatic carbocycles. The van der Waals surface area contributed by atoms with Gasteiger partial charge in [-0.25, -0.2) is 4.39 Å². The second kappa shape index (κ2) is 7.68. The Morgan fingerprint density at radius 1 is 1.43 bits per heavy atom. The summed E-state index contributed by atoms with van der Waals surface area (Å²) in [6, 6.07) is 4.87. The van der Waals surface area contributed by atoms with E-state index in [1.807, 2.05) is 0 Å². The third-order valence-electron chi connectivity index (χ3n) is 4.46. The molecule has 1 aliphatic rings. The Bertz CT molecular complexity index is 461. The molecule has 0 amide bonds. The first-order valence-electron chi connectivity index (χ1n) is 7.55. The van der Waals surface area contributed by atoms with Crippen LogP contribution in [0.25, 0.3) is 0 Å². The summed E-state index contributed by atoms with van der Waals surface area (Å²) >= 11 is 3.52. The summed E-state index contributed by atoms with van der Waals surface area (Å²) in [6.45, 7) is 3.83. The number of nitrogens with zero attached hydrogens (tertiary/aromatic N) is 2. The maximum absolute atomic E-state index is 13.5. The van der Waals surface area contributed by atoms with Crippen LogP contribution in [0.1, 0.15) is 24.4 Å². The van der Waals surface area contributed by atoms with Crippen molar-refractivity contribution < 1.29 is 4.39 Å². The highest BCUT2D eigenvalue weighted by Crippen LogP contribution is 2.29. The first kappa shape index (κ1) is 16.9. The van der Waals surface area contributed by atoms with E-state index in [0.29, 0.717) is 12.5 Å². The number of hydrogen-bond donors (Lipinski definition) is 1. The molecule has 2 rings (SSSR count). The van der Waals surface area contributed by atoms with E-state index in [1.165, 1.54) is 18.9 Å². The van der Waals surface area contributed by atoms with Gasteiger partial charge in [-0.05, 0) is 69.7 Å². The van der Waals surface area contributed by atoms with E-state index < -0.39 is 0 Å². The Kier molecular flexibility index (Phi) is 6.17. The predicted molar refractivity (Wildman–Crippen MR) is 88.7 cm³/mol. The Hall–Kier alpha value is -0.490. The van der Waals surface area contributed by atoms with Crippen molar-refractivity contribution in [1.29, 1.82) is 0 Å². The van der Waals surface area contributed by atoms with Crippen molar-refractivity contribution in [3.05, 3.63) is 34.1 Å². The van der Waals surface area contributed by atoms with E-state index in [4.69, 9.17) is 5.73 Å². The molecule has 0 aromatic heterocycles. The quantitative estimate of drug-likeness (QED) is 0.879. The first-order chi connectivity index (χ1) is 10.0. The van der Waals surface area contributed by atoms with E-state index in [2.05, 4.69) is 39.8 Å². The van der Waals surface area contributed by atoms with Crippen molar-refractivity contribution in [1.82, 2.24) is 9.80 Å². The van der Waals surface area contributed by atoms with Crippen molar-refractivity contribution in [3.63, 3.8) is 0 Å². The van der Waals surface area contributed by atoms with Crippen molar-refractivity contribution >= 4 is 15.9 Å². The van der Waals surface area contributed by atoms with Gasteiger partial charge in [-0.1, -0.05) is 15.9 Å². The lowest BCUT2D eigenvalue weighted by Crippen LogP contribution is -2.39. The number of piperidine rings is 1. The molecule has 118 valence electrons. The lowest BCUT2D eigenvalue weighted by atomic mass is 9.95. The van der Waals surface area contributed by atoms with Gasteiger partial charge in [0.2, 0.25) is 0 Å². The maximum atomic E-state index is 13.5. The Morgan fingerprint density at radius 3 is 2.71 bits per heavy atom. The number of likely N-dealkylation sites (tertiary alicyclic amines) is 1. The highest BCUT2D eigenvalue weighted by atomic mass is 79.9. The fourth-order valence-electron chi connectivity index (χ4n) is 3.09. The van der Waals surface area contributed by atoms with Crippen LogP contribution in [0.3, 0.4) is 0 Å². The van der Waals surface area contributed by atoms with Crippen molar-refractivity contribution in [2.45, 2.75) is 18.9 Å². The van der Waals surface area contributed by atoms with Gasteiger partial charge in [0.1, 0.15) is 5.82 Å². The summed E-state index contributed by atoms with van der Waals surface area (Å²) in [5.74, 6) is 0.493. The minimum absolute atomic E-state index is 0.0507. The van der Waals surface area contributed by atoms with Crippen LogP contribution in [0.2, 0.25) is 0 Å². The molecule has 0 aliphatic carbocycles. The molecule has 1 saturated heterocycles. The fourth-order valence-corrected chi connectivity index (χ4v) is 3.60. The smallest absolute Gasteiger partial charge is 0.123 e. The summed E-state index contributed by atoms with van der Waals surface area (Å²) in [7, 11) is 4.26. The summed E-state index contributed by atoms with van der Waals surface area (Å²) in [5.41, 5.74) is 6.90. The van der Waals surface area contributed by atoms with Crippen LogP contribution >= 0.6 is 15.9 Å². The lowest BCUT2D eigenvalue weighted by molar-refractivity contribution is 0.151. The zero-order valence-electron chi connectivity index (χ0n) is 12.9. The van der Waals surface area contributed by atoms with Gasteiger partial charge in [0.15, 0.2) is 0 Å². The summed E-state index contributed by atoms with van der Waals surface area (Å²) in [4.78, 5) is 4.65. The maximum Gasteiger partial charge on any atom is 0.123 e. The van der Waals surface area contributed by atoms with Gasteiger partial charge in [0.05, 0.1) is 0 Å². The average Bonchev–Trinajstić information content (AvgIpc) is 2.46. The molecule has 0 radical (unpaired) electrons. The molecule has 0 bridgehead atoms. The summed E-state index contributed by atoms with van der Waals surface area (Å²) < 4.78 is 14.4. The van der Waals surface area contributed by atoms with E-state index in [-0.39, 0.29) is 11.9 Å². The Labute approximate surface area is 135 Å². The van der Waals surface area contributed by atoms with Crippen molar-refractivity contribution in [2.75, 3.05) is 40.3 Å². The predicted octanol–water partition coefficient (Wildman–Crippen LogP) is 2.86. The highest BCUT2D eigenvalue weighted by Gasteiger charge is 2.23. The zero-order chi connectivity index (χ0) is 15.4. The number of halogens is 2. The summed E-state index contributed by atoms with van der Waals surface area (Å²) in [6.07, 6.45) is 2.45. The molecule has 1 atom stereocenters. The Balaban J connectivity index is 2.04. The molecule has 1 aliphatic heterocycles. The highest BCUT2D eigenvalue weighted by molar-refractivity contribution is 9.10. The van der Waals surface area contributed by atoms with Gasteiger partial charge in [-0.15, -0.1) is 0 Å². The molecular formula is C16H25BrFN3. The van der Waals surface area contributed by atoms with Crippen LogP contribution in [-0.2, 0) is 0 Å². The van der Waals surface area contributed by atoms with Gasteiger partial charge in [0.25, 0.3) is 0 Å².